The molecular formula is C12H21NO3. The van der Waals surface area contributed by atoms with E-state index in [0.717, 1.165) is 13.2 Å². The molecular weight excluding hydrogens is 206 g/mol. The molecule has 2 rings (SSSR count). The van der Waals surface area contributed by atoms with Gasteiger partial charge in [0.05, 0.1) is 26.2 Å². The van der Waals surface area contributed by atoms with Crippen LogP contribution in [0.2, 0.25) is 0 Å². The van der Waals surface area contributed by atoms with E-state index >= 15 is 0 Å². The lowest BCUT2D eigenvalue weighted by Gasteiger charge is -2.41. The van der Waals surface area contributed by atoms with Crippen molar-refractivity contribution in [2.75, 3.05) is 20.3 Å². The number of morpholine rings is 1. The molecule has 0 amide bonds. The highest BCUT2D eigenvalue weighted by Gasteiger charge is 2.38. The van der Waals surface area contributed by atoms with Gasteiger partial charge in [0.25, 0.3) is 0 Å². The van der Waals surface area contributed by atoms with Gasteiger partial charge in [0.15, 0.2) is 0 Å². The summed E-state index contributed by atoms with van der Waals surface area (Å²) in [5.74, 6) is -0.117. The molecule has 2 aliphatic rings. The van der Waals surface area contributed by atoms with E-state index in [2.05, 4.69) is 11.8 Å². The summed E-state index contributed by atoms with van der Waals surface area (Å²) < 4.78 is 10.5. The molecule has 4 nitrogen and oxygen atoms in total. The highest BCUT2D eigenvalue weighted by molar-refractivity contribution is 5.69. The summed E-state index contributed by atoms with van der Waals surface area (Å²) in [4.78, 5) is 13.7. The predicted octanol–water partition coefficient (Wildman–Crippen LogP) is 1.19. The lowest BCUT2D eigenvalue weighted by atomic mass is 10.1. The van der Waals surface area contributed by atoms with Gasteiger partial charge < -0.3 is 9.47 Å². The Bertz CT molecular complexity index is 257. The third-order valence-corrected chi connectivity index (χ3v) is 3.78. The second kappa shape index (κ2) is 5.15. The molecule has 2 fully saturated rings. The highest BCUT2D eigenvalue weighted by Crippen LogP contribution is 2.31. The number of esters is 1. The van der Waals surface area contributed by atoms with Gasteiger partial charge in [-0.05, 0) is 26.2 Å². The zero-order valence-corrected chi connectivity index (χ0v) is 10.1. The van der Waals surface area contributed by atoms with Crippen molar-refractivity contribution >= 4 is 5.97 Å². The lowest BCUT2D eigenvalue weighted by molar-refractivity contribution is -0.143. The maximum Gasteiger partial charge on any atom is 0.307 e. The number of carbonyl (C=O) groups excluding carboxylic acids is 1. The zero-order chi connectivity index (χ0) is 11.5. The molecule has 0 bridgehead atoms. The van der Waals surface area contributed by atoms with Gasteiger partial charge in [0.1, 0.15) is 0 Å². The van der Waals surface area contributed by atoms with E-state index in [4.69, 9.17) is 9.47 Å². The zero-order valence-electron chi connectivity index (χ0n) is 10.1. The molecule has 1 saturated heterocycles. The van der Waals surface area contributed by atoms with E-state index in [1.165, 1.54) is 26.4 Å². The van der Waals surface area contributed by atoms with Gasteiger partial charge in [-0.3, -0.25) is 9.69 Å². The van der Waals surface area contributed by atoms with Gasteiger partial charge in [-0.25, -0.2) is 0 Å². The number of hydrogen-bond donors (Lipinski definition) is 0. The molecule has 1 heterocycles. The molecule has 0 aromatic heterocycles. The van der Waals surface area contributed by atoms with E-state index in [0.29, 0.717) is 18.6 Å². The first kappa shape index (κ1) is 11.9. The highest BCUT2D eigenvalue weighted by atomic mass is 16.5. The Balaban J connectivity index is 1.94. The fourth-order valence-electron chi connectivity index (χ4n) is 2.94. The second-order valence-corrected chi connectivity index (χ2v) is 4.77. The van der Waals surface area contributed by atoms with E-state index in [1.54, 1.807) is 0 Å². The number of ether oxygens (including phenoxy) is 2. The standard InChI is InChI=1S/C12H21NO3/c1-9(8-12(14)15-2)13-6-7-16-11-5-3-4-10(11)13/h9-11H,3-8H2,1-2H3. The summed E-state index contributed by atoms with van der Waals surface area (Å²) in [5, 5.41) is 0. The summed E-state index contributed by atoms with van der Waals surface area (Å²) in [6.45, 7) is 3.85. The molecule has 0 aromatic rings. The largest absolute Gasteiger partial charge is 0.469 e. The molecule has 4 heteroatoms. The smallest absolute Gasteiger partial charge is 0.307 e. The first-order chi connectivity index (χ1) is 7.72. The minimum Gasteiger partial charge on any atom is -0.469 e. The molecule has 3 unspecified atom stereocenters. The third-order valence-electron chi connectivity index (χ3n) is 3.78. The molecule has 0 aromatic carbocycles. The quantitative estimate of drug-likeness (QED) is 0.679. The van der Waals surface area contributed by atoms with Crippen LogP contribution >= 0.6 is 0 Å². The van der Waals surface area contributed by atoms with Gasteiger partial charge in [-0.2, -0.15) is 0 Å². The molecule has 1 aliphatic heterocycles. The van der Waals surface area contributed by atoms with Crippen molar-refractivity contribution in [3.8, 4) is 0 Å². The molecule has 92 valence electrons. The average Bonchev–Trinajstić information content (AvgIpc) is 2.76. The minimum atomic E-state index is -0.117. The number of hydrogen-bond acceptors (Lipinski definition) is 4. The normalized spacial score (nSPS) is 32.1. The summed E-state index contributed by atoms with van der Waals surface area (Å²) >= 11 is 0. The van der Waals surface area contributed by atoms with E-state index in [1.807, 2.05) is 0 Å². The van der Waals surface area contributed by atoms with Gasteiger partial charge in [-0.1, -0.05) is 0 Å². The number of fused-ring (bicyclic) bond motifs is 1. The second-order valence-electron chi connectivity index (χ2n) is 4.77. The van der Waals surface area contributed by atoms with Crippen molar-refractivity contribution in [3.05, 3.63) is 0 Å². The summed E-state index contributed by atoms with van der Waals surface area (Å²) in [7, 11) is 1.45. The predicted molar refractivity (Wildman–Crippen MR) is 60.2 cm³/mol. The van der Waals surface area contributed by atoms with E-state index in [-0.39, 0.29) is 12.0 Å². The Labute approximate surface area is 96.9 Å². The van der Waals surface area contributed by atoms with Gasteiger partial charge in [0, 0.05) is 18.6 Å². The molecule has 1 saturated carbocycles. The van der Waals surface area contributed by atoms with E-state index in [9.17, 15) is 4.79 Å². The van der Waals surface area contributed by atoms with Crippen LogP contribution in [-0.2, 0) is 14.3 Å². The maximum absolute atomic E-state index is 11.3. The van der Waals surface area contributed by atoms with Crippen LogP contribution in [-0.4, -0.2) is 49.3 Å². The monoisotopic (exact) mass is 227 g/mol. The van der Waals surface area contributed by atoms with Crippen LogP contribution in [0.3, 0.4) is 0 Å². The summed E-state index contributed by atoms with van der Waals surface area (Å²) in [5.41, 5.74) is 0. The number of rotatable bonds is 3. The Morgan fingerprint density at radius 3 is 3.12 bits per heavy atom. The van der Waals surface area contributed by atoms with Crippen molar-refractivity contribution in [1.82, 2.24) is 4.90 Å². The minimum absolute atomic E-state index is 0.117. The Hall–Kier alpha value is -0.610. The van der Waals surface area contributed by atoms with Crippen LogP contribution < -0.4 is 0 Å². The number of nitrogens with zero attached hydrogens (tertiary/aromatic N) is 1. The van der Waals surface area contributed by atoms with Gasteiger partial charge in [0.2, 0.25) is 0 Å². The molecule has 0 spiro atoms. The van der Waals surface area contributed by atoms with Crippen LogP contribution in [0.5, 0.6) is 0 Å². The first-order valence-electron chi connectivity index (χ1n) is 6.16. The number of carbonyl (C=O) groups is 1. The van der Waals surface area contributed by atoms with Crippen LogP contribution in [0, 0.1) is 0 Å². The number of methoxy groups -OCH3 is 1. The first-order valence-corrected chi connectivity index (χ1v) is 6.16. The lowest BCUT2D eigenvalue weighted by Crippen LogP contribution is -2.52. The van der Waals surface area contributed by atoms with Crippen molar-refractivity contribution in [2.24, 2.45) is 0 Å². The average molecular weight is 227 g/mol. The van der Waals surface area contributed by atoms with Gasteiger partial charge in [-0.15, -0.1) is 0 Å². The fourth-order valence-corrected chi connectivity index (χ4v) is 2.94. The summed E-state index contributed by atoms with van der Waals surface area (Å²) in [6, 6.07) is 0.787. The molecule has 3 atom stereocenters. The van der Waals surface area contributed by atoms with Crippen LogP contribution in [0.15, 0.2) is 0 Å². The van der Waals surface area contributed by atoms with Crippen molar-refractivity contribution in [2.45, 2.75) is 50.8 Å². The molecule has 0 N–H and O–H groups in total. The van der Waals surface area contributed by atoms with E-state index < -0.39 is 0 Å². The molecule has 0 radical (unpaired) electrons. The van der Waals surface area contributed by atoms with Crippen molar-refractivity contribution < 1.29 is 14.3 Å². The molecule has 16 heavy (non-hydrogen) atoms. The van der Waals surface area contributed by atoms with Crippen LogP contribution in [0.4, 0.5) is 0 Å². The topological polar surface area (TPSA) is 38.8 Å². The maximum atomic E-state index is 11.3. The Kier molecular flexibility index (Phi) is 3.82. The van der Waals surface area contributed by atoms with Crippen LogP contribution in [0.25, 0.3) is 0 Å². The van der Waals surface area contributed by atoms with Gasteiger partial charge >= 0.3 is 5.97 Å². The van der Waals surface area contributed by atoms with Crippen molar-refractivity contribution in [1.29, 1.82) is 0 Å². The van der Waals surface area contributed by atoms with Crippen LogP contribution in [0.1, 0.15) is 32.6 Å². The SMILES string of the molecule is COC(=O)CC(C)N1CCOC2CCCC21. The molecule has 1 aliphatic carbocycles. The summed E-state index contributed by atoms with van der Waals surface area (Å²) in [6.07, 6.45) is 4.51. The fraction of sp³-hybridized carbons (Fsp3) is 0.917. The third kappa shape index (κ3) is 2.38. The van der Waals surface area contributed by atoms with Crippen molar-refractivity contribution in [3.63, 3.8) is 0 Å². The Morgan fingerprint density at radius 2 is 2.38 bits per heavy atom. The Morgan fingerprint density at radius 1 is 1.56 bits per heavy atom.